The highest BCUT2D eigenvalue weighted by Crippen LogP contribution is 2.27. The summed E-state index contributed by atoms with van der Waals surface area (Å²) in [6.45, 7) is 7.98. The molecule has 1 aromatic carbocycles. The number of pyridine rings is 1. The number of anilines is 1. The number of amides is 3. The van der Waals surface area contributed by atoms with Gasteiger partial charge in [0.2, 0.25) is 5.88 Å². The zero-order valence-corrected chi connectivity index (χ0v) is 21.3. The normalized spacial score (nSPS) is 18.2. The molecule has 1 aliphatic heterocycles. The van der Waals surface area contributed by atoms with Gasteiger partial charge < -0.3 is 25.0 Å². The van der Waals surface area contributed by atoms with Crippen LogP contribution in [-0.2, 0) is 0 Å². The van der Waals surface area contributed by atoms with Crippen molar-refractivity contribution in [2.24, 2.45) is 11.8 Å². The zero-order chi connectivity index (χ0) is 26.4. The number of aliphatic hydroxyl groups is 1. The van der Waals surface area contributed by atoms with Crippen molar-refractivity contribution in [3.05, 3.63) is 53.5 Å². The lowest BCUT2D eigenvalue weighted by molar-refractivity contribution is 0.0356. The van der Waals surface area contributed by atoms with Gasteiger partial charge in [0.1, 0.15) is 17.5 Å². The molecule has 0 spiro atoms. The molecule has 8 nitrogen and oxygen atoms in total. The van der Waals surface area contributed by atoms with Crippen LogP contribution in [0.4, 0.5) is 14.9 Å². The van der Waals surface area contributed by atoms with E-state index >= 15 is 0 Å². The van der Waals surface area contributed by atoms with Gasteiger partial charge in [-0.2, -0.15) is 0 Å². The van der Waals surface area contributed by atoms with Gasteiger partial charge in [0, 0.05) is 42.9 Å². The molecule has 36 heavy (non-hydrogen) atoms. The van der Waals surface area contributed by atoms with Gasteiger partial charge >= 0.3 is 6.03 Å². The van der Waals surface area contributed by atoms with Crippen LogP contribution in [-0.4, -0.2) is 70.7 Å². The number of likely N-dealkylation sites (N-methyl/N-ethyl adjacent to an activating group) is 1. The fraction of sp³-hybridized carbons (Fsp3) is 0.444. The van der Waals surface area contributed by atoms with Crippen molar-refractivity contribution in [1.82, 2.24) is 14.8 Å². The highest BCUT2D eigenvalue weighted by atomic mass is 19.1. The Bertz CT molecular complexity index is 1140. The molecule has 0 bridgehead atoms. The second-order valence-corrected chi connectivity index (χ2v) is 9.44. The largest absolute Gasteiger partial charge is 0.472 e. The number of nitrogens with zero attached hydrogens (tertiary/aromatic N) is 3. The number of urea groups is 1. The maximum absolute atomic E-state index is 13.4. The molecule has 9 heteroatoms. The van der Waals surface area contributed by atoms with E-state index in [1.165, 1.54) is 29.2 Å². The van der Waals surface area contributed by atoms with Gasteiger partial charge in [0.05, 0.1) is 19.2 Å². The highest BCUT2D eigenvalue weighted by molar-refractivity contribution is 5.97. The number of carbonyl (C=O) groups is 2. The summed E-state index contributed by atoms with van der Waals surface area (Å²) < 4.78 is 19.4. The Morgan fingerprint density at radius 3 is 2.67 bits per heavy atom. The van der Waals surface area contributed by atoms with Gasteiger partial charge in [0.25, 0.3) is 5.91 Å². The molecular weight excluding hydrogens is 463 g/mol. The average Bonchev–Trinajstić information content (AvgIpc) is 2.85. The van der Waals surface area contributed by atoms with E-state index in [-0.39, 0.29) is 54.2 Å². The molecular formula is C27H33FN4O4. The second kappa shape index (κ2) is 11.9. The lowest BCUT2D eigenvalue weighted by Gasteiger charge is -2.37. The van der Waals surface area contributed by atoms with Crippen LogP contribution in [0.2, 0.25) is 0 Å². The molecule has 0 fully saturated rings. The number of rotatable bonds is 5. The summed E-state index contributed by atoms with van der Waals surface area (Å²) in [4.78, 5) is 33.7. The fourth-order valence-electron chi connectivity index (χ4n) is 3.72. The molecule has 0 aliphatic carbocycles. The molecule has 2 aromatic rings. The summed E-state index contributed by atoms with van der Waals surface area (Å²) in [6, 6.07) is 6.36. The fourth-order valence-corrected chi connectivity index (χ4v) is 3.72. The molecule has 2 heterocycles. The molecule has 2 N–H and O–H groups in total. The molecule has 0 saturated carbocycles. The SMILES string of the molecule is CC(C)C#Cc1cnc2c(c1)C(=O)N([C@H](C)CO)C[C@H](C)[C@@H](CN(C)C(=O)Nc1ccc(F)cc1)O2. The standard InChI is InChI=1S/C27H33FN4O4/c1-17(2)6-7-20-12-23-25(29-13-20)36-24(18(3)14-32(26(23)34)19(4)16-33)15-31(5)27(35)30-22-10-8-21(28)9-11-22/h8-13,17-19,24,33H,14-16H2,1-5H3,(H,30,35)/t18-,19+,24+/m0/s1. The average molecular weight is 497 g/mol. The van der Waals surface area contributed by atoms with Crippen molar-refractivity contribution in [1.29, 1.82) is 0 Å². The first-order chi connectivity index (χ1) is 17.1. The minimum atomic E-state index is -0.491. The van der Waals surface area contributed by atoms with E-state index in [9.17, 15) is 19.1 Å². The third kappa shape index (κ3) is 6.73. The monoisotopic (exact) mass is 496 g/mol. The molecule has 3 rings (SSSR count). The summed E-state index contributed by atoms with van der Waals surface area (Å²) in [5.41, 5.74) is 1.33. The van der Waals surface area contributed by atoms with Crippen LogP contribution >= 0.6 is 0 Å². The minimum absolute atomic E-state index is 0.159. The van der Waals surface area contributed by atoms with Crippen molar-refractivity contribution in [2.75, 3.05) is 32.1 Å². The van der Waals surface area contributed by atoms with Crippen molar-refractivity contribution in [2.45, 2.75) is 39.8 Å². The Kier molecular flexibility index (Phi) is 8.88. The van der Waals surface area contributed by atoms with E-state index in [1.807, 2.05) is 20.8 Å². The third-order valence-corrected chi connectivity index (χ3v) is 5.92. The number of ether oxygens (including phenoxy) is 1. The predicted octanol–water partition coefficient (Wildman–Crippen LogP) is 3.61. The number of halogens is 1. The van der Waals surface area contributed by atoms with Crippen LogP contribution in [0, 0.1) is 29.5 Å². The number of benzene rings is 1. The Morgan fingerprint density at radius 1 is 1.33 bits per heavy atom. The van der Waals surface area contributed by atoms with Crippen molar-refractivity contribution < 1.29 is 23.8 Å². The van der Waals surface area contributed by atoms with Gasteiger partial charge in [-0.15, -0.1) is 0 Å². The van der Waals surface area contributed by atoms with Crippen LogP contribution < -0.4 is 10.1 Å². The Morgan fingerprint density at radius 2 is 2.03 bits per heavy atom. The molecule has 192 valence electrons. The number of fused-ring (bicyclic) bond motifs is 1. The summed E-state index contributed by atoms with van der Waals surface area (Å²) in [6.07, 6.45) is 1.07. The Balaban J connectivity index is 1.87. The van der Waals surface area contributed by atoms with Crippen molar-refractivity contribution >= 4 is 17.6 Å². The van der Waals surface area contributed by atoms with Crippen LogP contribution in [0.3, 0.4) is 0 Å². The Hall–Kier alpha value is -3.64. The topological polar surface area (TPSA) is 95.0 Å². The molecule has 0 saturated heterocycles. The number of aromatic nitrogens is 1. The first kappa shape index (κ1) is 27.0. The number of aliphatic hydroxyl groups excluding tert-OH is 1. The maximum Gasteiger partial charge on any atom is 0.321 e. The summed E-state index contributed by atoms with van der Waals surface area (Å²) in [5.74, 6) is 5.55. The first-order valence-corrected chi connectivity index (χ1v) is 12.0. The Labute approximate surface area is 211 Å². The number of hydrogen-bond acceptors (Lipinski definition) is 5. The highest BCUT2D eigenvalue weighted by Gasteiger charge is 2.34. The van der Waals surface area contributed by atoms with E-state index in [4.69, 9.17) is 4.74 Å². The van der Waals surface area contributed by atoms with Crippen molar-refractivity contribution in [3.63, 3.8) is 0 Å². The predicted molar refractivity (Wildman–Crippen MR) is 135 cm³/mol. The van der Waals surface area contributed by atoms with Gasteiger partial charge in [0.15, 0.2) is 0 Å². The van der Waals surface area contributed by atoms with Gasteiger partial charge in [-0.25, -0.2) is 14.2 Å². The number of carbonyl (C=O) groups excluding carboxylic acids is 2. The number of nitrogens with one attached hydrogen (secondary N) is 1. The third-order valence-electron chi connectivity index (χ3n) is 5.92. The van der Waals surface area contributed by atoms with E-state index in [2.05, 4.69) is 22.1 Å². The van der Waals surface area contributed by atoms with Gasteiger partial charge in [-0.1, -0.05) is 32.6 Å². The van der Waals surface area contributed by atoms with E-state index in [0.29, 0.717) is 17.8 Å². The second-order valence-electron chi connectivity index (χ2n) is 9.44. The molecule has 3 atom stereocenters. The van der Waals surface area contributed by atoms with E-state index < -0.39 is 12.1 Å². The molecule has 0 radical (unpaired) electrons. The van der Waals surface area contributed by atoms with Gasteiger partial charge in [-0.05, 0) is 37.3 Å². The molecule has 1 aromatic heterocycles. The minimum Gasteiger partial charge on any atom is -0.472 e. The summed E-state index contributed by atoms with van der Waals surface area (Å²) in [5, 5.41) is 12.5. The molecule has 1 aliphatic rings. The van der Waals surface area contributed by atoms with E-state index in [1.54, 1.807) is 31.1 Å². The summed E-state index contributed by atoms with van der Waals surface area (Å²) >= 11 is 0. The van der Waals surface area contributed by atoms with Crippen LogP contribution in [0.5, 0.6) is 5.88 Å². The summed E-state index contributed by atoms with van der Waals surface area (Å²) in [7, 11) is 1.63. The lowest BCUT2D eigenvalue weighted by Crippen LogP contribution is -2.50. The van der Waals surface area contributed by atoms with Crippen molar-refractivity contribution in [3.8, 4) is 17.7 Å². The molecule has 3 amide bonds. The first-order valence-electron chi connectivity index (χ1n) is 12.0. The molecule has 0 unspecified atom stereocenters. The number of hydrogen-bond donors (Lipinski definition) is 2. The zero-order valence-electron chi connectivity index (χ0n) is 21.3. The quantitative estimate of drug-likeness (QED) is 0.617. The van der Waals surface area contributed by atoms with Gasteiger partial charge in [-0.3, -0.25) is 4.79 Å². The lowest BCUT2D eigenvalue weighted by atomic mass is 10.00. The van der Waals surface area contributed by atoms with Crippen LogP contribution in [0.25, 0.3) is 0 Å². The van der Waals surface area contributed by atoms with Crippen LogP contribution in [0.1, 0.15) is 43.6 Å². The smallest absolute Gasteiger partial charge is 0.321 e. The maximum atomic E-state index is 13.4. The van der Waals surface area contributed by atoms with E-state index in [0.717, 1.165) is 0 Å². The van der Waals surface area contributed by atoms with Crippen LogP contribution in [0.15, 0.2) is 36.5 Å².